The van der Waals surface area contributed by atoms with Gasteiger partial charge in [-0.3, -0.25) is 0 Å². The van der Waals surface area contributed by atoms with Gasteiger partial charge in [-0.2, -0.15) is 6.42 Å². The maximum absolute atomic E-state index is 3.60. The molecule has 0 aliphatic rings. The maximum Gasteiger partial charge on any atom is 1.00 e. The van der Waals surface area contributed by atoms with Crippen LogP contribution in [0.15, 0.2) is 0 Å². The zero-order chi connectivity index (χ0) is 3.41. The first-order valence-electron chi connectivity index (χ1n) is 1.71. The minimum Gasteiger partial charge on any atom is -0.343 e. The molecule has 0 aromatic rings. The van der Waals surface area contributed by atoms with Crippen LogP contribution in [0.2, 0.25) is 0 Å². The van der Waals surface area contributed by atoms with Crippen molar-refractivity contribution in [3.8, 4) is 0 Å². The molecule has 0 unspecified atom stereocenters. The summed E-state index contributed by atoms with van der Waals surface area (Å²) in [6.45, 7) is 5.72. The van der Waals surface area contributed by atoms with E-state index in [9.17, 15) is 0 Å². The van der Waals surface area contributed by atoms with E-state index >= 15 is 0 Å². The van der Waals surface area contributed by atoms with Crippen molar-refractivity contribution in [3.05, 3.63) is 6.92 Å². The summed E-state index contributed by atoms with van der Waals surface area (Å²) < 4.78 is 0. The smallest absolute Gasteiger partial charge is 0.343 e. The molecule has 0 spiro atoms. The molecule has 0 atom stereocenters. The SMILES string of the molecule is [CH2-]CCC.[Li+].[Mn].[Mn]. The molecule has 40 valence electrons. The van der Waals surface area contributed by atoms with Gasteiger partial charge in [0.25, 0.3) is 0 Å². The molecule has 0 saturated carbocycles. The molecule has 0 nitrogen and oxygen atoms in total. The Morgan fingerprint density at radius 1 is 1.29 bits per heavy atom. The van der Waals surface area contributed by atoms with Gasteiger partial charge in [0.05, 0.1) is 0 Å². The zero-order valence-corrected chi connectivity index (χ0v) is 7.24. The van der Waals surface area contributed by atoms with Crippen LogP contribution in [0.5, 0.6) is 0 Å². The molecule has 0 bridgehead atoms. The van der Waals surface area contributed by atoms with Gasteiger partial charge in [-0.1, -0.05) is 13.3 Å². The van der Waals surface area contributed by atoms with Crippen LogP contribution in [0, 0.1) is 6.92 Å². The van der Waals surface area contributed by atoms with Gasteiger partial charge in [0.15, 0.2) is 0 Å². The van der Waals surface area contributed by atoms with Crippen LogP contribution in [0.1, 0.15) is 19.8 Å². The van der Waals surface area contributed by atoms with E-state index in [1.54, 1.807) is 0 Å². The number of rotatable bonds is 1. The van der Waals surface area contributed by atoms with Crippen LogP contribution >= 0.6 is 0 Å². The third kappa shape index (κ3) is 34.9. The molecule has 3 heteroatoms. The summed E-state index contributed by atoms with van der Waals surface area (Å²) in [5.41, 5.74) is 0. The molecule has 0 aromatic heterocycles. The second-order valence-electron chi connectivity index (χ2n) is 0.854. The average Bonchev–Trinajstić information content (AvgIpc) is 1.37. The maximum atomic E-state index is 3.60. The zero-order valence-electron chi connectivity index (χ0n) is 4.88. The standard InChI is InChI=1S/C4H9.Li.2Mn/c1-3-4-2;;;/h1,3-4H2,2H3;;;/q-1;+1;;. The van der Waals surface area contributed by atoms with E-state index in [1.807, 2.05) is 0 Å². The molecule has 7 heavy (non-hydrogen) atoms. The summed E-state index contributed by atoms with van der Waals surface area (Å²) in [7, 11) is 0. The Labute approximate surface area is 79.3 Å². The van der Waals surface area contributed by atoms with Crippen molar-refractivity contribution < 1.29 is 53.0 Å². The van der Waals surface area contributed by atoms with E-state index in [-0.39, 0.29) is 53.0 Å². The van der Waals surface area contributed by atoms with E-state index in [4.69, 9.17) is 0 Å². The molecule has 0 aliphatic carbocycles. The quantitative estimate of drug-likeness (QED) is 0.339. The topological polar surface area (TPSA) is 0 Å². The molecular formula is C4H9LiMn2. The molecule has 0 fully saturated rings. The average molecular weight is 174 g/mol. The van der Waals surface area contributed by atoms with Gasteiger partial charge in [0, 0.05) is 34.1 Å². The van der Waals surface area contributed by atoms with Crippen molar-refractivity contribution in [2.45, 2.75) is 19.8 Å². The fourth-order valence-electron chi connectivity index (χ4n) is 0. The first kappa shape index (κ1) is 23.4. The van der Waals surface area contributed by atoms with E-state index in [0.29, 0.717) is 0 Å². The van der Waals surface area contributed by atoms with Gasteiger partial charge in [0.2, 0.25) is 0 Å². The third-order valence-electron chi connectivity index (χ3n) is 0.354. The summed E-state index contributed by atoms with van der Waals surface area (Å²) in [4.78, 5) is 0. The second kappa shape index (κ2) is 25.4. The Hall–Kier alpha value is 1.64. The minimum atomic E-state index is 0. The van der Waals surface area contributed by atoms with Crippen molar-refractivity contribution in [3.63, 3.8) is 0 Å². The molecule has 0 aliphatic heterocycles. The van der Waals surface area contributed by atoms with Gasteiger partial charge < -0.3 is 6.92 Å². The van der Waals surface area contributed by atoms with Gasteiger partial charge in [-0.25, -0.2) is 0 Å². The number of hydrogen-bond donors (Lipinski definition) is 0. The fraction of sp³-hybridized carbons (Fsp3) is 0.750. The van der Waals surface area contributed by atoms with Gasteiger partial charge in [-0.05, 0) is 0 Å². The Kier molecular flexibility index (Phi) is 85.1. The Morgan fingerprint density at radius 3 is 1.43 bits per heavy atom. The van der Waals surface area contributed by atoms with E-state index < -0.39 is 0 Å². The van der Waals surface area contributed by atoms with Crippen LogP contribution in [0.25, 0.3) is 0 Å². The van der Waals surface area contributed by atoms with Crippen molar-refractivity contribution in [2.24, 2.45) is 0 Å². The number of hydrogen-bond acceptors (Lipinski definition) is 0. The molecule has 0 amide bonds. The second-order valence-corrected chi connectivity index (χ2v) is 0.854. The van der Waals surface area contributed by atoms with E-state index in [0.717, 1.165) is 6.42 Å². The van der Waals surface area contributed by atoms with Gasteiger partial charge in [0.1, 0.15) is 0 Å². The summed E-state index contributed by atoms with van der Waals surface area (Å²) >= 11 is 0. The molecule has 0 rings (SSSR count). The summed E-state index contributed by atoms with van der Waals surface area (Å²) in [6.07, 6.45) is 2.28. The van der Waals surface area contributed by atoms with E-state index in [2.05, 4.69) is 13.8 Å². The van der Waals surface area contributed by atoms with Crippen molar-refractivity contribution in [2.75, 3.05) is 0 Å². The van der Waals surface area contributed by atoms with Crippen LogP contribution in [0.4, 0.5) is 0 Å². The first-order chi connectivity index (χ1) is 1.91. The molecule has 0 saturated heterocycles. The summed E-state index contributed by atoms with van der Waals surface area (Å²) in [5.74, 6) is 0. The first-order valence-corrected chi connectivity index (χ1v) is 1.71. The third-order valence-corrected chi connectivity index (χ3v) is 0.354. The van der Waals surface area contributed by atoms with Crippen molar-refractivity contribution in [1.82, 2.24) is 0 Å². The Bertz CT molecular complexity index is 11.7. The van der Waals surface area contributed by atoms with Crippen molar-refractivity contribution >= 4 is 0 Å². The molecule has 2 radical (unpaired) electrons. The van der Waals surface area contributed by atoms with Crippen LogP contribution < -0.4 is 18.9 Å². The molecule has 0 N–H and O–H groups in total. The molecule has 0 heterocycles. The fourth-order valence-corrected chi connectivity index (χ4v) is 0. The predicted octanol–water partition coefficient (Wildman–Crippen LogP) is -1.38. The van der Waals surface area contributed by atoms with Crippen LogP contribution in [-0.4, -0.2) is 0 Å². The molecule has 0 aromatic carbocycles. The minimum absolute atomic E-state index is 0. The number of unbranched alkanes of at least 4 members (excludes halogenated alkanes) is 1. The largest absolute Gasteiger partial charge is 1.00 e. The van der Waals surface area contributed by atoms with Gasteiger partial charge in [-0.15, -0.1) is 0 Å². The monoisotopic (exact) mass is 174 g/mol. The van der Waals surface area contributed by atoms with Crippen LogP contribution in [-0.2, 0) is 34.1 Å². The van der Waals surface area contributed by atoms with Crippen LogP contribution in [0.3, 0.4) is 0 Å². The Morgan fingerprint density at radius 2 is 1.43 bits per heavy atom. The van der Waals surface area contributed by atoms with Gasteiger partial charge >= 0.3 is 18.9 Å². The normalized spacial score (nSPS) is 4.29. The molecular weight excluding hydrogens is 165 g/mol. The Balaban J connectivity index is -0.0000000150. The van der Waals surface area contributed by atoms with E-state index in [1.165, 1.54) is 6.42 Å². The van der Waals surface area contributed by atoms with Crippen molar-refractivity contribution in [1.29, 1.82) is 0 Å². The summed E-state index contributed by atoms with van der Waals surface area (Å²) in [6, 6.07) is 0. The summed E-state index contributed by atoms with van der Waals surface area (Å²) in [5, 5.41) is 0. The predicted molar refractivity (Wildman–Crippen MR) is 20.3 cm³/mol.